The highest BCUT2D eigenvalue weighted by atomic mass is 16.5. The Morgan fingerprint density at radius 1 is 1.50 bits per heavy atom. The molecule has 0 saturated carbocycles. The van der Waals surface area contributed by atoms with Gasteiger partial charge in [-0.1, -0.05) is 20.3 Å². The number of esters is 1. The number of nitrogens with zero attached hydrogens (tertiary/aromatic N) is 1. The monoisotopic (exact) mass is 309 g/mol. The van der Waals surface area contributed by atoms with Gasteiger partial charge in [0.15, 0.2) is 0 Å². The van der Waals surface area contributed by atoms with E-state index in [0.29, 0.717) is 6.54 Å². The zero-order valence-electron chi connectivity index (χ0n) is 13.8. The lowest BCUT2D eigenvalue weighted by molar-refractivity contribution is 0.0193. The molecule has 0 radical (unpaired) electrons. The van der Waals surface area contributed by atoms with Gasteiger partial charge in [0.05, 0.1) is 13.2 Å². The van der Waals surface area contributed by atoms with E-state index in [9.17, 15) is 9.90 Å². The van der Waals surface area contributed by atoms with Gasteiger partial charge in [0.1, 0.15) is 5.76 Å². The minimum absolute atomic E-state index is 0.194. The van der Waals surface area contributed by atoms with Gasteiger partial charge in [0.25, 0.3) is 0 Å². The van der Waals surface area contributed by atoms with Crippen molar-refractivity contribution in [3.63, 3.8) is 0 Å². The number of hydrogen-bond donors (Lipinski definition) is 1. The maximum Gasteiger partial charge on any atom is 0.373 e. The van der Waals surface area contributed by atoms with E-state index in [1.807, 2.05) is 13.8 Å². The van der Waals surface area contributed by atoms with E-state index in [2.05, 4.69) is 4.90 Å². The summed E-state index contributed by atoms with van der Waals surface area (Å²) in [6, 6.07) is 1.98. The molecule has 1 aliphatic heterocycles. The fraction of sp³-hybridized carbons (Fsp3) is 0.706. The molecular weight excluding hydrogens is 282 g/mol. The average molecular weight is 309 g/mol. The van der Waals surface area contributed by atoms with Gasteiger partial charge >= 0.3 is 5.97 Å². The van der Waals surface area contributed by atoms with Gasteiger partial charge in [0.2, 0.25) is 5.76 Å². The van der Waals surface area contributed by atoms with Crippen LogP contribution in [0, 0.1) is 0 Å². The molecule has 0 aromatic carbocycles. The third-order valence-electron chi connectivity index (χ3n) is 4.50. The molecule has 1 aliphatic rings. The highest BCUT2D eigenvalue weighted by molar-refractivity contribution is 5.86. The summed E-state index contributed by atoms with van der Waals surface area (Å²) < 4.78 is 10.3. The first-order valence-electron chi connectivity index (χ1n) is 8.22. The molecule has 124 valence electrons. The molecule has 1 aromatic heterocycles. The Bertz CT molecular complexity index is 497. The lowest BCUT2D eigenvalue weighted by Crippen LogP contribution is -2.46. The molecule has 5 heteroatoms. The van der Waals surface area contributed by atoms with E-state index in [0.717, 1.165) is 50.0 Å². The van der Waals surface area contributed by atoms with Gasteiger partial charge in [-0.25, -0.2) is 4.79 Å². The van der Waals surface area contributed by atoms with Crippen LogP contribution in [0.4, 0.5) is 0 Å². The van der Waals surface area contributed by atoms with Gasteiger partial charge in [-0.2, -0.15) is 0 Å². The highest BCUT2D eigenvalue weighted by Gasteiger charge is 2.29. The van der Waals surface area contributed by atoms with Gasteiger partial charge in [-0.15, -0.1) is 0 Å². The van der Waals surface area contributed by atoms with Crippen molar-refractivity contribution in [2.24, 2.45) is 0 Å². The van der Waals surface area contributed by atoms with Crippen LogP contribution in [0.25, 0.3) is 0 Å². The van der Waals surface area contributed by atoms with Crippen LogP contribution in [-0.2, 0) is 17.7 Å². The number of carbonyl (C=O) groups is 1. The number of aliphatic hydroxyl groups excluding tert-OH is 1. The fourth-order valence-electron chi connectivity index (χ4n) is 3.24. The molecule has 0 aliphatic carbocycles. The minimum atomic E-state index is -0.440. The molecule has 1 fully saturated rings. The highest BCUT2D eigenvalue weighted by Crippen LogP contribution is 2.26. The van der Waals surface area contributed by atoms with Crippen LogP contribution in [0.5, 0.6) is 0 Å². The van der Waals surface area contributed by atoms with Crippen molar-refractivity contribution >= 4 is 5.97 Å². The number of aryl methyl sites for hydroxylation is 1. The van der Waals surface area contributed by atoms with Crippen molar-refractivity contribution in [1.82, 2.24) is 4.90 Å². The zero-order valence-corrected chi connectivity index (χ0v) is 13.8. The fourth-order valence-corrected chi connectivity index (χ4v) is 3.24. The third-order valence-corrected chi connectivity index (χ3v) is 4.50. The van der Waals surface area contributed by atoms with Crippen molar-refractivity contribution in [2.45, 2.75) is 64.6 Å². The Labute approximate surface area is 132 Å². The standard InChI is InChI=1S/C17H27NO4/c1-4-14(19)13-8-6-7-9-18(13)11-12-10-16(17(20)21-3)22-15(12)5-2/h10,13-14,19H,4-9,11H2,1-3H3. The first kappa shape index (κ1) is 17.0. The van der Waals surface area contributed by atoms with Gasteiger partial charge < -0.3 is 14.3 Å². The quantitative estimate of drug-likeness (QED) is 0.819. The number of likely N-dealkylation sites (tertiary alicyclic amines) is 1. The first-order chi connectivity index (χ1) is 10.6. The SMILES string of the molecule is CCc1oc(C(=O)OC)cc1CN1CCCCC1C(O)CC. The van der Waals surface area contributed by atoms with Crippen LogP contribution < -0.4 is 0 Å². The van der Waals surface area contributed by atoms with Crippen LogP contribution in [0.15, 0.2) is 10.5 Å². The summed E-state index contributed by atoms with van der Waals surface area (Å²) in [7, 11) is 1.36. The normalized spacial score (nSPS) is 20.8. The number of hydrogen-bond acceptors (Lipinski definition) is 5. The molecule has 0 amide bonds. The van der Waals surface area contributed by atoms with Crippen molar-refractivity contribution in [2.75, 3.05) is 13.7 Å². The van der Waals surface area contributed by atoms with Crippen LogP contribution in [0.1, 0.15) is 61.4 Å². The number of rotatable bonds is 6. The maximum atomic E-state index is 11.6. The summed E-state index contributed by atoms with van der Waals surface area (Å²) in [4.78, 5) is 14.0. The van der Waals surface area contributed by atoms with Gasteiger partial charge in [0, 0.05) is 24.6 Å². The predicted octanol–water partition coefficient (Wildman–Crippen LogP) is 2.75. The third kappa shape index (κ3) is 3.70. The number of furan rings is 1. The van der Waals surface area contributed by atoms with Crippen LogP contribution in [-0.4, -0.2) is 41.8 Å². The van der Waals surface area contributed by atoms with E-state index >= 15 is 0 Å². The molecule has 5 nitrogen and oxygen atoms in total. The molecule has 1 aromatic rings. The summed E-state index contributed by atoms with van der Waals surface area (Å²) in [6.07, 6.45) is 4.55. The largest absolute Gasteiger partial charge is 0.463 e. The molecule has 1 saturated heterocycles. The minimum Gasteiger partial charge on any atom is -0.463 e. The molecule has 2 heterocycles. The van der Waals surface area contributed by atoms with Crippen molar-refractivity contribution in [1.29, 1.82) is 0 Å². The molecule has 1 N–H and O–H groups in total. The Morgan fingerprint density at radius 2 is 2.27 bits per heavy atom. The number of ether oxygens (including phenoxy) is 1. The number of methoxy groups -OCH3 is 1. The maximum absolute atomic E-state index is 11.6. The van der Waals surface area contributed by atoms with Crippen LogP contribution >= 0.6 is 0 Å². The summed E-state index contributed by atoms with van der Waals surface area (Å²) >= 11 is 0. The topological polar surface area (TPSA) is 62.9 Å². The molecule has 0 bridgehead atoms. The molecule has 22 heavy (non-hydrogen) atoms. The average Bonchev–Trinajstić information content (AvgIpc) is 2.96. The Morgan fingerprint density at radius 3 is 2.91 bits per heavy atom. The van der Waals surface area contributed by atoms with E-state index < -0.39 is 5.97 Å². The second-order valence-electron chi connectivity index (χ2n) is 5.91. The summed E-state index contributed by atoms with van der Waals surface area (Å²) in [5, 5.41) is 10.2. The van der Waals surface area contributed by atoms with Gasteiger partial charge in [-0.05, 0) is 31.9 Å². The van der Waals surface area contributed by atoms with Crippen molar-refractivity contribution < 1.29 is 19.1 Å². The number of aliphatic hydroxyl groups is 1. The lowest BCUT2D eigenvalue weighted by atomic mass is 9.95. The van der Waals surface area contributed by atoms with E-state index in [1.165, 1.54) is 7.11 Å². The first-order valence-corrected chi connectivity index (χ1v) is 8.22. The smallest absolute Gasteiger partial charge is 0.373 e. The second-order valence-corrected chi connectivity index (χ2v) is 5.91. The second kappa shape index (κ2) is 7.79. The zero-order chi connectivity index (χ0) is 16.1. The van der Waals surface area contributed by atoms with Crippen LogP contribution in [0.3, 0.4) is 0 Å². The predicted molar refractivity (Wildman–Crippen MR) is 83.8 cm³/mol. The Balaban J connectivity index is 2.17. The molecular formula is C17H27NO4. The Kier molecular flexibility index (Phi) is 6.03. The lowest BCUT2D eigenvalue weighted by Gasteiger charge is -2.38. The Hall–Kier alpha value is -1.33. The molecule has 2 unspecified atom stereocenters. The summed E-state index contributed by atoms with van der Waals surface area (Å²) in [5.74, 6) is 0.652. The molecule has 0 spiro atoms. The number of carbonyl (C=O) groups excluding carboxylic acids is 1. The van der Waals surface area contributed by atoms with Gasteiger partial charge in [-0.3, -0.25) is 4.90 Å². The number of piperidine rings is 1. The van der Waals surface area contributed by atoms with E-state index in [1.54, 1.807) is 6.07 Å². The summed E-state index contributed by atoms with van der Waals surface area (Å²) in [5.41, 5.74) is 1.03. The molecule has 2 rings (SSSR count). The summed E-state index contributed by atoms with van der Waals surface area (Å²) in [6.45, 7) is 5.72. The van der Waals surface area contributed by atoms with Crippen molar-refractivity contribution in [3.8, 4) is 0 Å². The van der Waals surface area contributed by atoms with Crippen molar-refractivity contribution in [3.05, 3.63) is 23.2 Å². The van der Waals surface area contributed by atoms with E-state index in [-0.39, 0.29) is 17.9 Å². The van der Waals surface area contributed by atoms with E-state index in [4.69, 9.17) is 9.15 Å². The van der Waals surface area contributed by atoms with Crippen LogP contribution in [0.2, 0.25) is 0 Å². The molecule has 2 atom stereocenters.